The number of alkyl halides is 6. The molecule has 44 heavy (non-hydrogen) atoms. The van der Waals surface area contributed by atoms with Crippen LogP contribution < -0.4 is 5.32 Å². The molecule has 0 spiro atoms. The van der Waals surface area contributed by atoms with Gasteiger partial charge in [-0.3, -0.25) is 4.79 Å². The van der Waals surface area contributed by atoms with E-state index in [1.165, 1.54) is 12.1 Å². The van der Waals surface area contributed by atoms with Crippen molar-refractivity contribution in [2.45, 2.75) is 24.6 Å². The number of fused-ring (bicyclic) bond motifs is 1. The molecule has 0 saturated heterocycles. The van der Waals surface area contributed by atoms with Crippen LogP contribution in [0.4, 0.5) is 32.0 Å². The van der Waals surface area contributed by atoms with E-state index in [0.29, 0.717) is 35.0 Å². The number of amides is 1. The summed E-state index contributed by atoms with van der Waals surface area (Å²) in [6.45, 7) is 0. The fourth-order valence-corrected chi connectivity index (χ4v) is 4.04. The zero-order valence-electron chi connectivity index (χ0n) is 22.0. The molecule has 2 N–H and O–H groups in total. The Balaban J connectivity index is 1.71. The number of anilines is 1. The van der Waals surface area contributed by atoms with Crippen molar-refractivity contribution in [1.29, 1.82) is 0 Å². The Bertz CT molecular complexity index is 1730. The molecule has 8 nitrogen and oxygen atoms in total. The number of carbonyl (C=O) groups excluding carboxylic acids is 3. The number of nitrogens with one attached hydrogen (secondary N) is 1. The number of carboxylic acids is 1. The topological polar surface area (TPSA) is 119 Å². The molecule has 0 saturated carbocycles. The van der Waals surface area contributed by atoms with Crippen LogP contribution in [0.1, 0.15) is 31.8 Å². The third kappa shape index (κ3) is 7.32. The van der Waals surface area contributed by atoms with Crippen molar-refractivity contribution < 1.29 is 60.1 Å². The first kappa shape index (κ1) is 31.5. The Labute approximate surface area is 243 Å². The summed E-state index contributed by atoms with van der Waals surface area (Å²) in [7, 11) is 0. The van der Waals surface area contributed by atoms with E-state index < -0.39 is 70.6 Å². The minimum Gasteiger partial charge on any atom is -0.478 e. The Kier molecular flexibility index (Phi) is 8.92. The van der Waals surface area contributed by atoms with Gasteiger partial charge in [0, 0.05) is 11.1 Å². The molecule has 0 aliphatic rings. The zero-order chi connectivity index (χ0) is 32.2. The van der Waals surface area contributed by atoms with Crippen molar-refractivity contribution in [3.63, 3.8) is 0 Å². The van der Waals surface area contributed by atoms with Crippen LogP contribution in [0.15, 0.2) is 91.0 Å². The van der Waals surface area contributed by atoms with Crippen LogP contribution >= 0.6 is 0 Å². The van der Waals surface area contributed by atoms with Gasteiger partial charge in [-0.05, 0) is 47.9 Å². The number of ether oxygens (including phenoxy) is 2. The van der Waals surface area contributed by atoms with Crippen LogP contribution in [0.2, 0.25) is 0 Å². The second kappa shape index (κ2) is 12.5. The second-order valence-corrected chi connectivity index (χ2v) is 9.16. The molecule has 4 aromatic rings. The summed E-state index contributed by atoms with van der Waals surface area (Å²) in [6.07, 6.45) is -14.9. The first-order valence-corrected chi connectivity index (χ1v) is 12.4. The third-order valence-corrected chi connectivity index (χ3v) is 6.14. The van der Waals surface area contributed by atoms with E-state index in [0.717, 1.165) is 24.3 Å². The number of benzene rings is 4. The molecule has 14 heteroatoms. The highest BCUT2D eigenvalue weighted by Gasteiger charge is 2.42. The van der Waals surface area contributed by atoms with Crippen molar-refractivity contribution in [2.24, 2.45) is 0 Å². The predicted molar refractivity (Wildman–Crippen MR) is 142 cm³/mol. The van der Waals surface area contributed by atoms with Crippen LogP contribution in [-0.4, -0.2) is 41.1 Å². The van der Waals surface area contributed by atoms with Gasteiger partial charge >= 0.3 is 30.3 Å². The minimum atomic E-state index is -4.87. The Morgan fingerprint density at radius 2 is 1.11 bits per heavy atom. The molecule has 4 rings (SSSR count). The summed E-state index contributed by atoms with van der Waals surface area (Å²) in [6, 6.07) is 16.8. The Morgan fingerprint density at radius 3 is 1.64 bits per heavy atom. The van der Waals surface area contributed by atoms with Crippen LogP contribution in [0.5, 0.6) is 0 Å². The lowest BCUT2D eigenvalue weighted by atomic mass is 10.1. The highest BCUT2D eigenvalue weighted by atomic mass is 19.4. The number of esters is 2. The largest absolute Gasteiger partial charge is 0.478 e. The zero-order valence-corrected chi connectivity index (χ0v) is 22.0. The third-order valence-electron chi connectivity index (χ3n) is 6.14. The summed E-state index contributed by atoms with van der Waals surface area (Å²) in [5.41, 5.74) is -3.89. The van der Waals surface area contributed by atoms with Crippen molar-refractivity contribution in [2.75, 3.05) is 5.32 Å². The first-order chi connectivity index (χ1) is 20.6. The van der Waals surface area contributed by atoms with Crippen molar-refractivity contribution >= 4 is 40.3 Å². The fourth-order valence-electron chi connectivity index (χ4n) is 4.04. The van der Waals surface area contributed by atoms with E-state index in [4.69, 9.17) is 9.47 Å². The lowest BCUT2D eigenvalue weighted by Gasteiger charge is -2.24. The molecule has 0 aliphatic heterocycles. The molecule has 1 amide bonds. The highest BCUT2D eigenvalue weighted by Crippen LogP contribution is 2.31. The molecule has 2 atom stereocenters. The molecule has 0 radical (unpaired) electrons. The summed E-state index contributed by atoms with van der Waals surface area (Å²) < 4.78 is 89.0. The normalized spacial score (nSPS) is 13.0. The minimum absolute atomic E-state index is 0.0987. The summed E-state index contributed by atoms with van der Waals surface area (Å²) in [5.74, 6) is -6.64. The standard InChI is InChI=1S/C30H19F6NO7/c31-29(32,33)19-10-3-8-17(14-19)27(41)43-23(25(38)37-22-13-5-7-16-6-1-2-12-21(16)22)24(26(39)40)44-28(42)18-9-4-11-20(15-18)30(34,35)36/h1-15,23-24H,(H,37,38)(H,39,40)/t23-,24+/m0/s1. The average molecular weight is 619 g/mol. The van der Waals surface area contributed by atoms with E-state index >= 15 is 0 Å². The Hall–Kier alpha value is -5.40. The Morgan fingerprint density at radius 1 is 0.636 bits per heavy atom. The van der Waals surface area contributed by atoms with Gasteiger partial charge in [-0.15, -0.1) is 0 Å². The molecule has 4 aromatic carbocycles. The number of rotatable bonds is 8. The molecule has 0 aromatic heterocycles. The summed E-state index contributed by atoms with van der Waals surface area (Å²) in [5, 5.41) is 13.3. The molecule has 0 bridgehead atoms. The number of carboxylic acid groups (broad SMARTS) is 1. The quantitative estimate of drug-likeness (QED) is 0.174. The lowest BCUT2D eigenvalue weighted by molar-refractivity contribution is -0.157. The van der Waals surface area contributed by atoms with E-state index in [2.05, 4.69) is 5.32 Å². The monoisotopic (exact) mass is 619 g/mol. The van der Waals surface area contributed by atoms with Gasteiger partial charge in [0.1, 0.15) is 0 Å². The van der Waals surface area contributed by atoms with E-state index in [1.807, 2.05) is 0 Å². The predicted octanol–water partition coefficient (Wildman–Crippen LogP) is 6.35. The maximum atomic E-state index is 13.4. The van der Waals surface area contributed by atoms with Crippen molar-refractivity contribution in [3.05, 3.63) is 113 Å². The van der Waals surface area contributed by atoms with Gasteiger partial charge in [0.25, 0.3) is 5.91 Å². The van der Waals surface area contributed by atoms with Gasteiger partial charge in [0.2, 0.25) is 12.2 Å². The average Bonchev–Trinajstić information content (AvgIpc) is 2.98. The van der Waals surface area contributed by atoms with Crippen LogP contribution in [0.3, 0.4) is 0 Å². The lowest BCUT2D eigenvalue weighted by Crippen LogP contribution is -2.48. The molecule has 228 valence electrons. The van der Waals surface area contributed by atoms with Gasteiger partial charge in [-0.25, -0.2) is 14.4 Å². The molecular weight excluding hydrogens is 600 g/mol. The fraction of sp³-hybridized carbons (Fsp3) is 0.133. The van der Waals surface area contributed by atoms with Crippen molar-refractivity contribution in [1.82, 2.24) is 0 Å². The molecule has 0 aliphatic carbocycles. The second-order valence-electron chi connectivity index (χ2n) is 9.16. The van der Waals surface area contributed by atoms with E-state index in [-0.39, 0.29) is 5.69 Å². The van der Waals surface area contributed by atoms with Gasteiger partial charge in [0.05, 0.1) is 22.3 Å². The van der Waals surface area contributed by atoms with Crippen molar-refractivity contribution in [3.8, 4) is 0 Å². The van der Waals surface area contributed by atoms with Gasteiger partial charge < -0.3 is 19.9 Å². The molecular formula is C30H19F6NO7. The van der Waals surface area contributed by atoms with E-state index in [1.54, 1.807) is 30.3 Å². The van der Waals surface area contributed by atoms with Crippen LogP contribution in [0.25, 0.3) is 10.8 Å². The number of aliphatic carboxylic acids is 1. The summed E-state index contributed by atoms with van der Waals surface area (Å²) in [4.78, 5) is 51.3. The van der Waals surface area contributed by atoms with E-state index in [9.17, 15) is 50.6 Å². The van der Waals surface area contributed by atoms with Gasteiger partial charge in [-0.1, -0.05) is 48.5 Å². The SMILES string of the molecule is O=C(O[C@H](C(=O)Nc1cccc2ccccc12)[C@@H](OC(=O)c1cccc(C(F)(F)F)c1)C(=O)O)c1cccc(C(F)(F)F)c1. The maximum Gasteiger partial charge on any atom is 0.416 e. The van der Waals surface area contributed by atoms with Gasteiger partial charge in [-0.2, -0.15) is 26.3 Å². The number of halogens is 6. The first-order valence-electron chi connectivity index (χ1n) is 12.4. The number of carbonyl (C=O) groups is 4. The maximum absolute atomic E-state index is 13.4. The molecule has 0 heterocycles. The smallest absolute Gasteiger partial charge is 0.416 e. The van der Waals surface area contributed by atoms with Crippen LogP contribution in [0, 0.1) is 0 Å². The molecule has 0 unspecified atom stereocenters. The van der Waals surface area contributed by atoms with Gasteiger partial charge in [0.15, 0.2) is 0 Å². The van der Waals surface area contributed by atoms with Crippen LogP contribution in [-0.2, 0) is 31.4 Å². The highest BCUT2D eigenvalue weighted by molar-refractivity contribution is 6.06. The number of hydrogen-bond donors (Lipinski definition) is 2. The molecule has 0 fully saturated rings. The summed E-state index contributed by atoms with van der Waals surface area (Å²) >= 11 is 0. The number of hydrogen-bond acceptors (Lipinski definition) is 6.